The van der Waals surface area contributed by atoms with Gasteiger partial charge in [0.25, 0.3) is 0 Å². The minimum absolute atomic E-state index is 0. The van der Waals surface area contributed by atoms with Gasteiger partial charge >= 0.3 is 0 Å². The Hall–Kier alpha value is -12.2. The molecule has 1 N–H and O–H groups in total. The van der Waals surface area contributed by atoms with E-state index in [1.807, 2.05) is 199 Å². The zero-order valence-electron chi connectivity index (χ0n) is 79.1. The SMILES string of the molecule is CC(=O)C=C(C)O.CC1CN(C)CCC1n1ccnc1-c1[c-]ccs1.Cc1c[c-]c(-c2ncc(C)n2-c2nnccc2C)cc1.Cc1ccccc1-n1ccnc1-c1[c-]cccc1.Cc1nnccc1-n1ccnc1-c1[c-]ccc(-n2c(C)ccc2C)c1.Fc1c[c-]c(-c2nccn2-c2ccccc2-c2ccccc2)cc1.[Ir].[Ir].[Ir].[Ir].[Pt].[Pt].[c-]1nscc1-c1nccn1-c1c2ccccc2cc2ccccc12. The summed E-state index contributed by atoms with van der Waals surface area (Å²) in [4.78, 5) is 40.6. The van der Waals surface area contributed by atoms with E-state index >= 15 is 0 Å². The molecule has 1 fully saturated rings. The van der Waals surface area contributed by atoms with Crippen molar-refractivity contribution in [3.63, 3.8) is 0 Å². The summed E-state index contributed by atoms with van der Waals surface area (Å²) >= 11 is 3.10. The van der Waals surface area contributed by atoms with Crippen LogP contribution in [0.4, 0.5) is 4.39 Å². The predicted octanol–water partition coefficient (Wildman–Crippen LogP) is 24.7. The topological polar surface area (TPSA) is 217 Å². The van der Waals surface area contributed by atoms with Crippen LogP contribution in [0, 0.1) is 96.7 Å². The molecule has 1 saturated heterocycles. The van der Waals surface area contributed by atoms with Crippen LogP contribution in [0.2, 0.25) is 0 Å². The van der Waals surface area contributed by atoms with Crippen LogP contribution in [0.5, 0.6) is 0 Å². The molecule has 22 rings (SSSR count). The van der Waals surface area contributed by atoms with Gasteiger partial charge in [-0.05, 0) is 157 Å². The first-order valence-electron chi connectivity index (χ1n) is 44.3. The third-order valence-electron chi connectivity index (χ3n) is 22.9. The fourth-order valence-electron chi connectivity index (χ4n) is 16.5. The quantitative estimate of drug-likeness (QED) is 0.0437. The Morgan fingerprint density at radius 3 is 1.65 bits per heavy atom. The average Bonchev–Trinajstić information content (AvgIpc) is 1.40. The van der Waals surface area contributed by atoms with Crippen molar-refractivity contribution in [1.82, 2.24) is 91.5 Å². The number of aliphatic hydroxyl groups excluding tert-OH is 1. The van der Waals surface area contributed by atoms with Gasteiger partial charge in [0.05, 0.1) is 58.5 Å². The maximum Gasteiger partial charge on any atom is 0.155 e. The molecule has 2 unspecified atom stereocenters. The molecular formula is C112H98FIr4N19O2Pt2S2-6. The van der Waals surface area contributed by atoms with Gasteiger partial charge in [-0.2, -0.15) is 27.4 Å². The molecule has 0 saturated carbocycles. The zero-order valence-corrected chi connectivity index (χ0v) is 94.9. The number of rotatable bonds is 15. The Kier molecular flexibility index (Phi) is 42.3. The number of carbonyl (C=O) groups excluding carboxylic acids is 1. The van der Waals surface area contributed by atoms with Crippen LogP contribution >= 0.6 is 22.9 Å². The van der Waals surface area contributed by atoms with E-state index in [0.717, 1.165) is 137 Å². The molecule has 1 aliphatic rings. The summed E-state index contributed by atoms with van der Waals surface area (Å²) in [6.07, 6.45) is 29.7. The number of allylic oxidation sites excluding steroid dienone is 2. The van der Waals surface area contributed by atoms with Crippen molar-refractivity contribution in [3.8, 4) is 113 Å². The smallest absolute Gasteiger partial charge is 0.155 e. The van der Waals surface area contributed by atoms with E-state index in [1.54, 1.807) is 42.2 Å². The molecule has 10 aromatic carbocycles. The Morgan fingerprint density at radius 1 is 0.486 bits per heavy atom. The van der Waals surface area contributed by atoms with Crippen molar-refractivity contribution >= 4 is 50.2 Å². The second-order valence-electron chi connectivity index (χ2n) is 32.7. The Balaban J connectivity index is 0.000000172. The van der Waals surface area contributed by atoms with E-state index in [4.69, 9.17) is 5.11 Å². The second kappa shape index (κ2) is 53.8. The molecule has 1 aliphatic heterocycles. The van der Waals surface area contributed by atoms with Gasteiger partial charge in [0.2, 0.25) is 0 Å². The standard InChI is InChI=1S/C21H14FN2.C20H18N5.C20H12N3S.C16H15N4.C16H13N2.C14H18N3S.C5H8O2.4Ir.2Pt/c22-18-12-10-17(11-13-18)21-23-14-15-24(21)20-9-5-4-8-19(20)16-6-2-1-3-7-16;1-14-7-8-15(2)25(14)18-6-4-5-17(13-18)20-21-11-12-24(20)19-9-10-22-23-16(19)3;1-3-7-17-14(5-1)11-15-6-2-4-8-18(15)19(17)23-10-9-21-20(23)16-12-22-24-13-16;1-11-4-6-14(7-5-11)16-17-10-13(3)20(16)15-12(2)8-9-18-19-15;1-13-7-5-6-10-15(13)18-12-11-17-16(18)14-8-3-2-4-9-14;1-11-10-16(2)7-5-12(11)17-8-6-15-14(17)13-4-3-9-18-13;1-4(6)3-5(2)7;;;;;;/h1-10,12-15H;4,6-13H,1-3H3;1-11,13H;4-6,8-10H,1-3H3;2-8,10-12H,1H3;3,6,8-9,11-12H,5,7,10H2,1-2H3;3,6H,1-2H3;;;;;;/q6*-1;;;;;;;. The largest absolute Gasteiger partial charge is 0.512 e. The second-order valence-corrected chi connectivity index (χ2v) is 34.2. The van der Waals surface area contributed by atoms with Crippen molar-refractivity contribution in [1.29, 1.82) is 0 Å². The van der Waals surface area contributed by atoms with E-state index in [9.17, 15) is 9.18 Å². The summed E-state index contributed by atoms with van der Waals surface area (Å²) in [6.45, 7) is 21.9. The summed E-state index contributed by atoms with van der Waals surface area (Å²) < 4.78 is 32.1. The first-order valence-corrected chi connectivity index (χ1v) is 46.1. The van der Waals surface area contributed by atoms with Gasteiger partial charge in [-0.3, -0.25) is 38.5 Å². The first kappa shape index (κ1) is 112. The summed E-state index contributed by atoms with van der Waals surface area (Å²) in [5.74, 6) is 6.38. The molecular weight excluding hydrogens is 2890 g/mol. The number of imidazole rings is 6. The van der Waals surface area contributed by atoms with E-state index in [0.29, 0.717) is 12.0 Å². The van der Waals surface area contributed by atoms with Gasteiger partial charge in [-0.1, -0.05) is 146 Å². The van der Waals surface area contributed by atoms with Gasteiger partial charge in [0, 0.05) is 272 Å². The molecule has 734 valence electrons. The van der Waals surface area contributed by atoms with Crippen molar-refractivity contribution in [3.05, 3.63) is 428 Å². The number of benzene rings is 10. The number of hydrogen-bond donors (Lipinski definition) is 1. The molecule has 2 atom stereocenters. The van der Waals surface area contributed by atoms with Crippen molar-refractivity contribution in [2.45, 2.75) is 81.7 Å². The van der Waals surface area contributed by atoms with Gasteiger partial charge in [0.15, 0.2) is 11.6 Å². The number of aromatic nitrogens is 18. The number of para-hydroxylation sites is 2. The Bertz CT molecular complexity index is 7520. The van der Waals surface area contributed by atoms with Gasteiger partial charge in [-0.25, -0.2) is 11.3 Å². The van der Waals surface area contributed by atoms with Crippen LogP contribution in [-0.4, -0.2) is 123 Å². The van der Waals surface area contributed by atoms with Gasteiger partial charge in [-0.15, -0.1) is 159 Å². The number of nitrogens with zero attached hydrogens (tertiary/aromatic N) is 19. The fraction of sp³-hybridized carbons (Fsp3) is 0.143. The summed E-state index contributed by atoms with van der Waals surface area (Å²) in [7, 11) is 2.20. The third-order valence-corrected chi connectivity index (χ3v) is 24.2. The number of fused-ring (bicyclic) bond motifs is 2. The first-order chi connectivity index (χ1) is 66.3. The molecule has 12 heterocycles. The number of aryl methyl sites for hydroxylation is 7. The normalized spacial score (nSPS) is 12.3. The number of hydrogen-bond acceptors (Lipinski definition) is 16. The Morgan fingerprint density at radius 2 is 1.06 bits per heavy atom. The molecule has 0 amide bonds. The number of ketones is 1. The van der Waals surface area contributed by atoms with E-state index < -0.39 is 0 Å². The Labute approximate surface area is 917 Å². The number of thiophene rings is 1. The van der Waals surface area contributed by atoms with Crippen LogP contribution in [0.1, 0.15) is 72.7 Å². The molecule has 0 bridgehead atoms. The average molecular weight is 2980 g/mol. The van der Waals surface area contributed by atoms with E-state index in [2.05, 4.69) is 282 Å². The number of piperidine rings is 1. The molecule has 30 heteroatoms. The molecule has 21 aromatic rings. The number of aliphatic hydroxyl groups is 1. The maximum absolute atomic E-state index is 13.2. The van der Waals surface area contributed by atoms with Crippen molar-refractivity contribution in [2.75, 3.05) is 20.1 Å². The maximum atomic E-state index is 13.2. The number of halogens is 1. The van der Waals surface area contributed by atoms with Crippen LogP contribution in [-0.2, 0) is 127 Å². The molecule has 21 nitrogen and oxygen atoms in total. The summed E-state index contributed by atoms with van der Waals surface area (Å²) in [5.41, 5.74) is 20.0. The van der Waals surface area contributed by atoms with Crippen LogP contribution in [0.3, 0.4) is 0 Å². The van der Waals surface area contributed by atoms with E-state index in [-0.39, 0.29) is 140 Å². The minimum Gasteiger partial charge on any atom is -0.512 e. The molecule has 0 aliphatic carbocycles. The number of carbonyl (C=O) groups is 1. The minimum atomic E-state index is -0.304. The summed E-state index contributed by atoms with van der Waals surface area (Å²) in [6, 6.07) is 97.0. The molecule has 142 heavy (non-hydrogen) atoms. The predicted molar refractivity (Wildman–Crippen MR) is 541 cm³/mol. The van der Waals surface area contributed by atoms with Gasteiger partial charge < -0.3 is 47.0 Å². The van der Waals surface area contributed by atoms with Crippen LogP contribution in [0.25, 0.3) is 135 Å². The molecule has 11 aromatic heterocycles. The number of likely N-dealkylation sites (tertiary alicyclic amines) is 1. The van der Waals surface area contributed by atoms with Crippen LogP contribution < -0.4 is 0 Å². The molecule has 4 radical (unpaired) electrons. The molecule has 0 spiro atoms. The van der Waals surface area contributed by atoms with Crippen molar-refractivity contribution < 1.29 is 137 Å². The fourth-order valence-corrected chi connectivity index (χ4v) is 17.7. The summed E-state index contributed by atoms with van der Waals surface area (Å²) in [5, 5.41) is 33.6. The zero-order chi connectivity index (χ0) is 94.6. The monoisotopic (exact) mass is 2990 g/mol. The van der Waals surface area contributed by atoms with Crippen molar-refractivity contribution in [2.24, 2.45) is 5.92 Å². The third kappa shape index (κ3) is 27.2. The van der Waals surface area contributed by atoms with Gasteiger partial charge in [0.1, 0.15) is 0 Å². The van der Waals surface area contributed by atoms with E-state index in [1.165, 1.54) is 101 Å². The van der Waals surface area contributed by atoms with Crippen LogP contribution in [0.15, 0.2) is 346 Å².